The Labute approximate surface area is 125 Å². The maximum atomic E-state index is 12.0. The number of morpholine rings is 1. The second kappa shape index (κ2) is 7.97. The van der Waals surface area contributed by atoms with E-state index in [0.29, 0.717) is 25.9 Å². The first-order chi connectivity index (χ1) is 9.87. The number of carbonyl (C=O) groups is 3. The van der Waals surface area contributed by atoms with Gasteiger partial charge in [0.2, 0.25) is 5.91 Å². The summed E-state index contributed by atoms with van der Waals surface area (Å²) in [5, 5.41) is 4.39. The summed E-state index contributed by atoms with van der Waals surface area (Å²) in [7, 11) is 0. The van der Waals surface area contributed by atoms with Gasteiger partial charge >= 0.3 is 12.1 Å². The van der Waals surface area contributed by atoms with Crippen LogP contribution in [0.5, 0.6) is 0 Å². The van der Waals surface area contributed by atoms with Gasteiger partial charge in [-0.05, 0) is 26.7 Å². The Morgan fingerprint density at radius 1 is 1.10 bits per heavy atom. The molecule has 7 nitrogen and oxygen atoms in total. The second-order valence-electron chi connectivity index (χ2n) is 5.42. The van der Waals surface area contributed by atoms with Crippen LogP contribution < -0.4 is 10.6 Å². The molecule has 0 aromatic heterocycles. The fraction of sp³-hybridized carbons (Fsp3) is 0.786. The van der Waals surface area contributed by atoms with E-state index in [2.05, 4.69) is 10.6 Å². The smallest absolute Gasteiger partial charge is 0.329 e. The van der Waals surface area contributed by atoms with Gasteiger partial charge in [-0.25, -0.2) is 9.59 Å². The molecule has 1 fully saturated rings. The van der Waals surface area contributed by atoms with Gasteiger partial charge in [-0.3, -0.25) is 15.4 Å². The fourth-order valence-corrected chi connectivity index (χ4v) is 2.42. The molecule has 120 valence electrons. The Morgan fingerprint density at radius 3 is 2.10 bits per heavy atom. The average Bonchev–Trinajstić information content (AvgIpc) is 2.38. The number of amides is 5. The highest BCUT2D eigenvalue weighted by Gasteiger charge is 2.27. The molecule has 1 heterocycles. The first kappa shape index (κ1) is 17.4. The largest absolute Gasteiger partial charge is 0.372 e. The number of nitrogens with one attached hydrogen (secondary N) is 2. The van der Waals surface area contributed by atoms with E-state index in [1.807, 2.05) is 27.7 Å². The van der Waals surface area contributed by atoms with E-state index < -0.39 is 12.1 Å². The van der Waals surface area contributed by atoms with Gasteiger partial charge in [0.1, 0.15) is 0 Å². The molecule has 2 N–H and O–H groups in total. The van der Waals surface area contributed by atoms with E-state index in [1.165, 1.54) is 4.90 Å². The lowest BCUT2D eigenvalue weighted by Gasteiger charge is -2.35. The number of nitrogens with zero attached hydrogens (tertiary/aromatic N) is 1. The van der Waals surface area contributed by atoms with Gasteiger partial charge in [0, 0.05) is 19.0 Å². The van der Waals surface area contributed by atoms with Crippen molar-refractivity contribution in [3.05, 3.63) is 0 Å². The number of hydrogen-bond acceptors (Lipinski definition) is 4. The van der Waals surface area contributed by atoms with Crippen molar-refractivity contribution in [1.29, 1.82) is 0 Å². The summed E-state index contributed by atoms with van der Waals surface area (Å²) < 4.78 is 5.52. The molecule has 1 aliphatic heterocycles. The number of imide groups is 2. The fourth-order valence-electron chi connectivity index (χ4n) is 2.42. The highest BCUT2D eigenvalue weighted by molar-refractivity contribution is 6.02. The summed E-state index contributed by atoms with van der Waals surface area (Å²) in [6, 6.07) is -1.28. The van der Waals surface area contributed by atoms with Crippen LogP contribution in [0.15, 0.2) is 0 Å². The predicted molar refractivity (Wildman–Crippen MR) is 77.7 cm³/mol. The Bertz CT molecular complexity index is 386. The summed E-state index contributed by atoms with van der Waals surface area (Å²) in [4.78, 5) is 36.9. The SMILES string of the molecule is CCC(CC)C(=O)NC(=O)NC(=O)N1CC(C)OC(C)C1. The Kier molecular flexibility index (Phi) is 6.61. The third kappa shape index (κ3) is 5.34. The zero-order chi connectivity index (χ0) is 16.0. The summed E-state index contributed by atoms with van der Waals surface area (Å²) in [6.45, 7) is 8.34. The van der Waals surface area contributed by atoms with Gasteiger partial charge in [-0.2, -0.15) is 0 Å². The average molecular weight is 299 g/mol. The van der Waals surface area contributed by atoms with Crippen LogP contribution in [0.4, 0.5) is 9.59 Å². The van der Waals surface area contributed by atoms with Crippen molar-refractivity contribution in [3.63, 3.8) is 0 Å². The van der Waals surface area contributed by atoms with Crippen molar-refractivity contribution in [2.45, 2.75) is 52.7 Å². The van der Waals surface area contributed by atoms with Crippen LogP contribution in [0.3, 0.4) is 0 Å². The molecule has 1 saturated heterocycles. The first-order valence-corrected chi connectivity index (χ1v) is 7.43. The molecule has 0 saturated carbocycles. The molecule has 5 amide bonds. The molecule has 21 heavy (non-hydrogen) atoms. The normalized spacial score (nSPS) is 22.0. The topological polar surface area (TPSA) is 87.7 Å². The molecule has 0 spiro atoms. The van der Waals surface area contributed by atoms with Crippen LogP contribution in [-0.2, 0) is 9.53 Å². The number of carbonyl (C=O) groups excluding carboxylic acids is 3. The molecule has 2 unspecified atom stereocenters. The third-order valence-electron chi connectivity index (χ3n) is 3.52. The molecule has 0 aliphatic carbocycles. The zero-order valence-corrected chi connectivity index (χ0v) is 13.1. The van der Waals surface area contributed by atoms with Crippen LogP contribution in [0, 0.1) is 5.92 Å². The van der Waals surface area contributed by atoms with Crippen LogP contribution in [0.25, 0.3) is 0 Å². The zero-order valence-electron chi connectivity index (χ0n) is 13.1. The Hall–Kier alpha value is -1.63. The lowest BCUT2D eigenvalue weighted by atomic mass is 10.0. The van der Waals surface area contributed by atoms with Gasteiger partial charge in [0.15, 0.2) is 0 Å². The van der Waals surface area contributed by atoms with Crippen LogP contribution in [0.2, 0.25) is 0 Å². The molecule has 1 rings (SSSR count). The summed E-state index contributed by atoms with van der Waals surface area (Å²) in [6.07, 6.45) is 1.16. The third-order valence-corrected chi connectivity index (χ3v) is 3.52. The predicted octanol–water partition coefficient (Wildman–Crippen LogP) is 1.48. The van der Waals surface area contributed by atoms with E-state index in [9.17, 15) is 14.4 Å². The number of ether oxygens (including phenoxy) is 1. The maximum Gasteiger partial charge on any atom is 0.329 e. The van der Waals surface area contributed by atoms with Crippen molar-refractivity contribution in [2.75, 3.05) is 13.1 Å². The van der Waals surface area contributed by atoms with Crippen LogP contribution in [0.1, 0.15) is 40.5 Å². The van der Waals surface area contributed by atoms with Crippen molar-refractivity contribution in [3.8, 4) is 0 Å². The lowest BCUT2D eigenvalue weighted by molar-refractivity contribution is -0.124. The molecule has 0 radical (unpaired) electrons. The molecule has 0 aromatic carbocycles. The van der Waals surface area contributed by atoms with Gasteiger partial charge in [-0.1, -0.05) is 13.8 Å². The highest BCUT2D eigenvalue weighted by atomic mass is 16.5. The monoisotopic (exact) mass is 299 g/mol. The van der Waals surface area contributed by atoms with Crippen molar-refractivity contribution >= 4 is 18.0 Å². The molecule has 2 atom stereocenters. The number of rotatable bonds is 3. The molecular weight excluding hydrogens is 274 g/mol. The molecule has 7 heteroatoms. The highest BCUT2D eigenvalue weighted by Crippen LogP contribution is 2.10. The maximum absolute atomic E-state index is 12.0. The van der Waals surface area contributed by atoms with E-state index in [4.69, 9.17) is 4.74 Å². The molecule has 0 aromatic rings. The summed E-state index contributed by atoms with van der Waals surface area (Å²) in [5.41, 5.74) is 0. The molecule has 1 aliphatic rings. The Balaban J connectivity index is 2.47. The minimum atomic E-state index is -0.774. The lowest BCUT2D eigenvalue weighted by Crippen LogP contribution is -2.55. The summed E-state index contributed by atoms with van der Waals surface area (Å²) >= 11 is 0. The minimum absolute atomic E-state index is 0.0752. The van der Waals surface area contributed by atoms with Crippen LogP contribution in [-0.4, -0.2) is 48.2 Å². The van der Waals surface area contributed by atoms with Gasteiger partial charge in [-0.15, -0.1) is 0 Å². The molecular formula is C14H25N3O4. The quantitative estimate of drug-likeness (QED) is 0.826. The first-order valence-electron chi connectivity index (χ1n) is 7.43. The van der Waals surface area contributed by atoms with E-state index >= 15 is 0 Å². The Morgan fingerprint density at radius 2 is 1.62 bits per heavy atom. The number of hydrogen-bond donors (Lipinski definition) is 2. The molecule has 0 bridgehead atoms. The van der Waals surface area contributed by atoms with E-state index in [1.54, 1.807) is 0 Å². The van der Waals surface area contributed by atoms with E-state index in [0.717, 1.165) is 0 Å². The summed E-state index contributed by atoms with van der Waals surface area (Å²) in [5.74, 6) is -0.566. The van der Waals surface area contributed by atoms with Gasteiger partial charge < -0.3 is 9.64 Å². The van der Waals surface area contributed by atoms with Gasteiger partial charge in [0.05, 0.1) is 12.2 Å². The van der Waals surface area contributed by atoms with Crippen LogP contribution >= 0.6 is 0 Å². The standard InChI is InChI=1S/C14H25N3O4/c1-5-11(6-2)12(18)15-13(19)16-14(20)17-7-9(3)21-10(4)8-17/h9-11H,5-8H2,1-4H3,(H2,15,16,18,19,20). The van der Waals surface area contributed by atoms with E-state index in [-0.39, 0.29) is 24.0 Å². The van der Waals surface area contributed by atoms with Crippen molar-refractivity contribution in [2.24, 2.45) is 5.92 Å². The van der Waals surface area contributed by atoms with Crippen molar-refractivity contribution in [1.82, 2.24) is 15.5 Å². The number of urea groups is 2. The van der Waals surface area contributed by atoms with Gasteiger partial charge in [0.25, 0.3) is 0 Å². The second-order valence-corrected chi connectivity index (χ2v) is 5.42. The minimum Gasteiger partial charge on any atom is -0.372 e. The van der Waals surface area contributed by atoms with Crippen molar-refractivity contribution < 1.29 is 19.1 Å².